The molecule has 0 aliphatic heterocycles. The van der Waals surface area contributed by atoms with Crippen LogP contribution in [-0.4, -0.2) is 16.7 Å². The maximum absolute atomic E-state index is 5.64. The number of imidazole rings is 1. The van der Waals surface area contributed by atoms with E-state index in [0.29, 0.717) is 23.9 Å². The number of para-hydroxylation sites is 2. The minimum absolute atomic E-state index is 0.355. The van der Waals surface area contributed by atoms with Crippen LogP contribution in [0.3, 0.4) is 0 Å². The zero-order valence-electron chi connectivity index (χ0n) is 9.88. The van der Waals surface area contributed by atoms with E-state index < -0.39 is 0 Å². The molecular weight excluding hydrogens is 218 g/mol. The topological polar surface area (TPSA) is 62.3 Å². The predicted molar refractivity (Wildman–Crippen MR) is 64.9 cm³/mol. The lowest BCUT2D eigenvalue weighted by Gasteiger charge is -2.09. The molecule has 5 nitrogen and oxygen atoms in total. The van der Waals surface area contributed by atoms with E-state index in [0.717, 1.165) is 5.82 Å². The van der Waals surface area contributed by atoms with Gasteiger partial charge < -0.3 is 19.8 Å². The van der Waals surface area contributed by atoms with E-state index in [1.54, 1.807) is 13.3 Å². The van der Waals surface area contributed by atoms with Gasteiger partial charge in [-0.15, -0.1) is 0 Å². The van der Waals surface area contributed by atoms with Gasteiger partial charge in [-0.3, -0.25) is 0 Å². The third kappa shape index (κ3) is 2.50. The van der Waals surface area contributed by atoms with Gasteiger partial charge in [0.2, 0.25) is 0 Å². The van der Waals surface area contributed by atoms with Crippen molar-refractivity contribution in [3.63, 3.8) is 0 Å². The SMILES string of the molecule is COc1ccccc1OCc1nc(N)cn1C. The zero-order valence-corrected chi connectivity index (χ0v) is 9.88. The lowest BCUT2D eigenvalue weighted by molar-refractivity contribution is 0.273. The van der Waals surface area contributed by atoms with E-state index in [-0.39, 0.29) is 0 Å². The smallest absolute Gasteiger partial charge is 0.161 e. The van der Waals surface area contributed by atoms with Crippen LogP contribution in [0.1, 0.15) is 5.82 Å². The van der Waals surface area contributed by atoms with Crippen LogP contribution < -0.4 is 15.2 Å². The molecule has 0 radical (unpaired) electrons. The van der Waals surface area contributed by atoms with Crippen LogP contribution >= 0.6 is 0 Å². The normalized spacial score (nSPS) is 10.2. The minimum Gasteiger partial charge on any atom is -0.493 e. The molecular formula is C12H15N3O2. The first-order valence-electron chi connectivity index (χ1n) is 5.24. The first kappa shape index (κ1) is 11.3. The molecule has 2 aromatic rings. The molecule has 0 fully saturated rings. The molecule has 1 heterocycles. The number of nitrogens with zero attached hydrogens (tertiary/aromatic N) is 2. The summed E-state index contributed by atoms with van der Waals surface area (Å²) < 4.78 is 12.7. The largest absolute Gasteiger partial charge is 0.493 e. The van der Waals surface area contributed by atoms with Gasteiger partial charge in [0.15, 0.2) is 11.5 Å². The Labute approximate surface area is 99.8 Å². The molecule has 0 aliphatic rings. The lowest BCUT2D eigenvalue weighted by Crippen LogP contribution is -2.03. The van der Waals surface area contributed by atoms with Crippen molar-refractivity contribution in [2.45, 2.75) is 6.61 Å². The summed E-state index contributed by atoms with van der Waals surface area (Å²) in [5.74, 6) is 2.66. The Morgan fingerprint density at radius 2 is 2.00 bits per heavy atom. The fourth-order valence-corrected chi connectivity index (χ4v) is 1.54. The van der Waals surface area contributed by atoms with Crippen LogP contribution in [-0.2, 0) is 13.7 Å². The van der Waals surface area contributed by atoms with E-state index in [9.17, 15) is 0 Å². The van der Waals surface area contributed by atoms with Gasteiger partial charge in [-0.2, -0.15) is 0 Å². The van der Waals surface area contributed by atoms with Crippen molar-refractivity contribution in [2.75, 3.05) is 12.8 Å². The van der Waals surface area contributed by atoms with Crippen molar-refractivity contribution in [1.29, 1.82) is 0 Å². The Balaban J connectivity index is 2.09. The Morgan fingerprint density at radius 1 is 1.29 bits per heavy atom. The summed E-state index contributed by atoms with van der Waals surface area (Å²) in [6, 6.07) is 7.49. The third-order valence-electron chi connectivity index (χ3n) is 2.42. The molecule has 0 spiro atoms. The number of rotatable bonds is 4. The Bertz CT molecular complexity index is 508. The molecule has 5 heteroatoms. The number of ether oxygens (including phenoxy) is 2. The van der Waals surface area contributed by atoms with Crippen LogP contribution in [0.25, 0.3) is 0 Å². The minimum atomic E-state index is 0.355. The van der Waals surface area contributed by atoms with Gasteiger partial charge in [-0.25, -0.2) is 4.98 Å². The predicted octanol–water partition coefficient (Wildman–Crippen LogP) is 1.59. The number of hydrogen-bond acceptors (Lipinski definition) is 4. The summed E-state index contributed by atoms with van der Waals surface area (Å²) >= 11 is 0. The molecule has 0 amide bonds. The Kier molecular flexibility index (Phi) is 3.18. The van der Waals surface area contributed by atoms with E-state index in [2.05, 4.69) is 4.98 Å². The third-order valence-corrected chi connectivity index (χ3v) is 2.42. The second-order valence-electron chi connectivity index (χ2n) is 3.63. The molecule has 0 saturated heterocycles. The van der Waals surface area contributed by atoms with Gasteiger partial charge in [-0.05, 0) is 12.1 Å². The highest BCUT2D eigenvalue weighted by Gasteiger charge is 2.06. The summed E-state index contributed by atoms with van der Waals surface area (Å²) in [5, 5.41) is 0. The standard InChI is InChI=1S/C12H15N3O2/c1-15-7-11(13)14-12(15)8-17-10-6-4-3-5-9(10)16-2/h3-7H,8,13H2,1-2H3. The molecule has 1 aromatic heterocycles. The molecule has 2 N–H and O–H groups in total. The van der Waals surface area contributed by atoms with Gasteiger partial charge in [-0.1, -0.05) is 12.1 Å². The van der Waals surface area contributed by atoms with Gasteiger partial charge >= 0.3 is 0 Å². The quantitative estimate of drug-likeness (QED) is 0.871. The lowest BCUT2D eigenvalue weighted by atomic mass is 10.3. The van der Waals surface area contributed by atoms with Gasteiger partial charge in [0.05, 0.1) is 7.11 Å². The van der Waals surface area contributed by atoms with Crippen molar-refractivity contribution < 1.29 is 9.47 Å². The van der Waals surface area contributed by atoms with E-state index in [4.69, 9.17) is 15.2 Å². The maximum Gasteiger partial charge on any atom is 0.161 e. The maximum atomic E-state index is 5.64. The van der Waals surface area contributed by atoms with Crippen LogP contribution in [0.5, 0.6) is 11.5 Å². The van der Waals surface area contributed by atoms with Crippen molar-refractivity contribution in [3.8, 4) is 11.5 Å². The highest BCUT2D eigenvalue weighted by molar-refractivity contribution is 5.39. The average Bonchev–Trinajstić information content (AvgIpc) is 2.65. The van der Waals surface area contributed by atoms with Gasteiger partial charge in [0, 0.05) is 13.2 Å². The van der Waals surface area contributed by atoms with Crippen LogP contribution in [0.2, 0.25) is 0 Å². The summed E-state index contributed by atoms with van der Waals surface area (Å²) in [5.41, 5.74) is 5.59. The summed E-state index contributed by atoms with van der Waals surface area (Å²) in [6.07, 6.45) is 1.75. The monoisotopic (exact) mass is 233 g/mol. The number of benzene rings is 1. The second kappa shape index (κ2) is 4.78. The van der Waals surface area contributed by atoms with Crippen molar-refractivity contribution in [1.82, 2.24) is 9.55 Å². The first-order chi connectivity index (χ1) is 8.20. The van der Waals surface area contributed by atoms with Gasteiger partial charge in [0.25, 0.3) is 0 Å². The fourth-order valence-electron chi connectivity index (χ4n) is 1.54. The van der Waals surface area contributed by atoms with E-state index in [1.165, 1.54) is 0 Å². The van der Waals surface area contributed by atoms with Crippen molar-refractivity contribution in [2.24, 2.45) is 7.05 Å². The molecule has 17 heavy (non-hydrogen) atoms. The van der Waals surface area contributed by atoms with Crippen molar-refractivity contribution in [3.05, 3.63) is 36.3 Å². The summed E-state index contributed by atoms with van der Waals surface area (Å²) in [4.78, 5) is 4.16. The fraction of sp³-hybridized carbons (Fsp3) is 0.250. The number of anilines is 1. The molecule has 0 saturated carbocycles. The number of methoxy groups -OCH3 is 1. The number of nitrogens with two attached hydrogens (primary N) is 1. The molecule has 0 bridgehead atoms. The Morgan fingerprint density at radius 3 is 2.59 bits per heavy atom. The first-order valence-corrected chi connectivity index (χ1v) is 5.24. The van der Waals surface area contributed by atoms with E-state index in [1.807, 2.05) is 35.9 Å². The second-order valence-corrected chi connectivity index (χ2v) is 3.63. The van der Waals surface area contributed by atoms with E-state index >= 15 is 0 Å². The average molecular weight is 233 g/mol. The number of nitrogen functional groups attached to an aromatic ring is 1. The number of hydrogen-bond donors (Lipinski definition) is 1. The molecule has 1 aromatic carbocycles. The molecule has 0 atom stereocenters. The molecule has 0 unspecified atom stereocenters. The zero-order chi connectivity index (χ0) is 12.3. The summed E-state index contributed by atoms with van der Waals surface area (Å²) in [6.45, 7) is 0.355. The number of aromatic nitrogens is 2. The highest BCUT2D eigenvalue weighted by Crippen LogP contribution is 2.26. The van der Waals surface area contributed by atoms with Crippen molar-refractivity contribution >= 4 is 5.82 Å². The summed E-state index contributed by atoms with van der Waals surface area (Å²) in [7, 11) is 3.49. The molecule has 0 aliphatic carbocycles. The van der Waals surface area contributed by atoms with Crippen LogP contribution in [0.4, 0.5) is 5.82 Å². The molecule has 2 rings (SSSR count). The molecule has 90 valence electrons. The van der Waals surface area contributed by atoms with Crippen LogP contribution in [0, 0.1) is 0 Å². The number of aryl methyl sites for hydroxylation is 1. The van der Waals surface area contributed by atoms with Gasteiger partial charge in [0.1, 0.15) is 18.2 Å². The Hall–Kier alpha value is -2.17. The van der Waals surface area contributed by atoms with Crippen LogP contribution in [0.15, 0.2) is 30.5 Å². The highest BCUT2D eigenvalue weighted by atomic mass is 16.5.